The van der Waals surface area contributed by atoms with Crippen LogP contribution in [-0.2, 0) is 13.1 Å². The van der Waals surface area contributed by atoms with Gasteiger partial charge in [0.25, 0.3) is 5.91 Å². The van der Waals surface area contributed by atoms with E-state index in [2.05, 4.69) is 5.32 Å². The quantitative estimate of drug-likeness (QED) is 0.898. The van der Waals surface area contributed by atoms with Gasteiger partial charge in [-0.2, -0.15) is 0 Å². The van der Waals surface area contributed by atoms with Crippen LogP contribution in [0.25, 0.3) is 0 Å². The third-order valence-electron chi connectivity index (χ3n) is 3.35. The maximum atomic E-state index is 12.1. The predicted molar refractivity (Wildman–Crippen MR) is 78.1 cm³/mol. The fourth-order valence-corrected chi connectivity index (χ4v) is 2.12. The topological polar surface area (TPSA) is 73.6 Å². The maximum absolute atomic E-state index is 12.1. The van der Waals surface area contributed by atoms with Crippen LogP contribution in [-0.4, -0.2) is 12.7 Å². The van der Waals surface area contributed by atoms with Crippen LogP contribution in [0.15, 0.2) is 42.5 Å². The first-order valence-corrected chi connectivity index (χ1v) is 6.72. The Balaban J connectivity index is 1.63. The molecule has 5 nitrogen and oxygen atoms in total. The average molecular weight is 284 g/mol. The smallest absolute Gasteiger partial charge is 0.251 e. The Bertz CT molecular complexity index is 653. The van der Waals surface area contributed by atoms with Crippen molar-refractivity contribution in [3.63, 3.8) is 0 Å². The van der Waals surface area contributed by atoms with Gasteiger partial charge in [0.1, 0.15) is 0 Å². The highest BCUT2D eigenvalue weighted by atomic mass is 16.7. The van der Waals surface area contributed by atoms with Crippen molar-refractivity contribution in [2.75, 3.05) is 6.79 Å². The van der Waals surface area contributed by atoms with Crippen molar-refractivity contribution in [3.05, 3.63) is 59.2 Å². The van der Waals surface area contributed by atoms with Crippen molar-refractivity contribution in [1.29, 1.82) is 0 Å². The minimum absolute atomic E-state index is 0.142. The first kappa shape index (κ1) is 13.5. The van der Waals surface area contributed by atoms with Crippen molar-refractivity contribution >= 4 is 5.91 Å². The van der Waals surface area contributed by atoms with Gasteiger partial charge < -0.3 is 20.5 Å². The Morgan fingerprint density at radius 1 is 1.05 bits per heavy atom. The highest BCUT2D eigenvalue weighted by Gasteiger charge is 2.15. The average Bonchev–Trinajstić information content (AvgIpc) is 3.00. The van der Waals surface area contributed by atoms with Gasteiger partial charge in [-0.1, -0.05) is 24.3 Å². The highest BCUT2D eigenvalue weighted by Crippen LogP contribution is 2.32. The molecule has 108 valence electrons. The summed E-state index contributed by atoms with van der Waals surface area (Å²) in [5.41, 5.74) is 8.20. The van der Waals surface area contributed by atoms with E-state index >= 15 is 0 Å². The molecule has 1 heterocycles. The molecule has 3 N–H and O–H groups in total. The molecule has 5 heteroatoms. The van der Waals surface area contributed by atoms with Gasteiger partial charge in [-0.25, -0.2) is 0 Å². The van der Waals surface area contributed by atoms with Gasteiger partial charge in [0.15, 0.2) is 11.5 Å². The SMILES string of the molecule is NCc1ccc(CNC(=O)c2ccc3c(c2)OCO3)cc1. The molecule has 0 atom stereocenters. The lowest BCUT2D eigenvalue weighted by Gasteiger charge is -2.07. The molecule has 0 unspecified atom stereocenters. The largest absolute Gasteiger partial charge is 0.454 e. The summed E-state index contributed by atoms with van der Waals surface area (Å²) < 4.78 is 10.5. The maximum Gasteiger partial charge on any atom is 0.251 e. The molecule has 1 aliphatic heterocycles. The molecule has 3 rings (SSSR count). The number of carbonyl (C=O) groups is 1. The highest BCUT2D eigenvalue weighted by molar-refractivity contribution is 5.94. The van der Waals surface area contributed by atoms with Gasteiger partial charge in [0.2, 0.25) is 6.79 Å². The molecule has 2 aromatic carbocycles. The summed E-state index contributed by atoms with van der Waals surface area (Å²) in [6, 6.07) is 13.0. The second-order valence-electron chi connectivity index (χ2n) is 4.77. The van der Waals surface area contributed by atoms with E-state index in [0.29, 0.717) is 30.2 Å². The van der Waals surface area contributed by atoms with Gasteiger partial charge in [-0.3, -0.25) is 4.79 Å². The Labute approximate surface area is 122 Å². The van der Waals surface area contributed by atoms with Crippen LogP contribution < -0.4 is 20.5 Å². The van der Waals surface area contributed by atoms with E-state index < -0.39 is 0 Å². The predicted octanol–water partition coefficient (Wildman–Crippen LogP) is 1.80. The standard InChI is InChI=1S/C16H16N2O3/c17-8-11-1-3-12(4-2-11)9-18-16(19)13-5-6-14-15(7-13)21-10-20-14/h1-7H,8-10,17H2,(H,18,19). The molecule has 1 amide bonds. The van der Waals surface area contributed by atoms with Gasteiger partial charge in [-0.05, 0) is 29.3 Å². The number of ether oxygens (including phenoxy) is 2. The monoisotopic (exact) mass is 284 g/mol. The number of amides is 1. The molecule has 0 saturated carbocycles. The Hall–Kier alpha value is -2.53. The summed E-state index contributed by atoms with van der Waals surface area (Å²) in [7, 11) is 0. The lowest BCUT2D eigenvalue weighted by Crippen LogP contribution is -2.22. The van der Waals surface area contributed by atoms with Crippen LogP contribution in [0.2, 0.25) is 0 Å². The van der Waals surface area contributed by atoms with Crippen LogP contribution in [0.4, 0.5) is 0 Å². The first-order valence-electron chi connectivity index (χ1n) is 6.72. The van der Waals surface area contributed by atoms with Crippen LogP contribution in [0.3, 0.4) is 0 Å². The van der Waals surface area contributed by atoms with Gasteiger partial charge in [0, 0.05) is 18.7 Å². The lowest BCUT2D eigenvalue weighted by molar-refractivity contribution is 0.0950. The van der Waals surface area contributed by atoms with Crippen molar-refractivity contribution in [2.24, 2.45) is 5.73 Å². The molecule has 0 radical (unpaired) electrons. The van der Waals surface area contributed by atoms with Gasteiger partial charge in [-0.15, -0.1) is 0 Å². The second-order valence-corrected chi connectivity index (χ2v) is 4.77. The molecular formula is C16H16N2O3. The molecule has 0 fully saturated rings. The molecular weight excluding hydrogens is 268 g/mol. The summed E-state index contributed by atoms with van der Waals surface area (Å²) in [6.07, 6.45) is 0. The number of carbonyl (C=O) groups excluding carboxylic acids is 1. The molecule has 0 aromatic heterocycles. The number of benzene rings is 2. The number of rotatable bonds is 4. The molecule has 0 saturated heterocycles. The molecule has 0 bridgehead atoms. The fraction of sp³-hybridized carbons (Fsp3) is 0.188. The number of nitrogens with two attached hydrogens (primary N) is 1. The van der Waals surface area contributed by atoms with E-state index in [9.17, 15) is 4.79 Å². The first-order chi connectivity index (χ1) is 10.3. The second kappa shape index (κ2) is 5.85. The molecule has 1 aliphatic rings. The zero-order chi connectivity index (χ0) is 14.7. The molecule has 0 spiro atoms. The normalized spacial score (nSPS) is 12.2. The summed E-state index contributed by atoms with van der Waals surface area (Å²) >= 11 is 0. The van der Waals surface area contributed by atoms with E-state index in [0.717, 1.165) is 11.1 Å². The van der Waals surface area contributed by atoms with Crippen molar-refractivity contribution in [2.45, 2.75) is 13.1 Å². The van der Waals surface area contributed by atoms with Gasteiger partial charge in [0.05, 0.1) is 0 Å². The number of hydrogen-bond donors (Lipinski definition) is 2. The number of hydrogen-bond acceptors (Lipinski definition) is 4. The summed E-state index contributed by atoms with van der Waals surface area (Å²) in [5, 5.41) is 2.88. The van der Waals surface area contributed by atoms with E-state index in [4.69, 9.17) is 15.2 Å². The zero-order valence-electron chi connectivity index (χ0n) is 11.5. The number of nitrogens with one attached hydrogen (secondary N) is 1. The van der Waals surface area contributed by atoms with E-state index in [1.165, 1.54) is 0 Å². The summed E-state index contributed by atoms with van der Waals surface area (Å²) in [4.78, 5) is 12.1. The van der Waals surface area contributed by atoms with Crippen LogP contribution in [0, 0.1) is 0 Å². The lowest BCUT2D eigenvalue weighted by atomic mass is 10.1. The van der Waals surface area contributed by atoms with Crippen molar-refractivity contribution in [1.82, 2.24) is 5.32 Å². The van der Waals surface area contributed by atoms with Crippen LogP contribution in [0.1, 0.15) is 21.5 Å². The summed E-state index contributed by atoms with van der Waals surface area (Å²) in [6.45, 7) is 1.19. The number of fused-ring (bicyclic) bond motifs is 1. The van der Waals surface area contributed by atoms with Gasteiger partial charge >= 0.3 is 0 Å². The third kappa shape index (κ3) is 2.98. The Kier molecular flexibility index (Phi) is 3.75. The fourth-order valence-electron chi connectivity index (χ4n) is 2.12. The zero-order valence-corrected chi connectivity index (χ0v) is 11.5. The molecule has 0 aliphatic carbocycles. The van der Waals surface area contributed by atoms with Crippen LogP contribution >= 0.6 is 0 Å². The third-order valence-corrected chi connectivity index (χ3v) is 3.35. The van der Waals surface area contributed by atoms with E-state index in [1.54, 1.807) is 18.2 Å². The van der Waals surface area contributed by atoms with E-state index in [1.807, 2.05) is 24.3 Å². The Morgan fingerprint density at radius 3 is 2.52 bits per heavy atom. The Morgan fingerprint density at radius 2 is 1.76 bits per heavy atom. The van der Waals surface area contributed by atoms with E-state index in [-0.39, 0.29) is 12.7 Å². The summed E-state index contributed by atoms with van der Waals surface area (Å²) in [5.74, 6) is 1.13. The molecule has 2 aromatic rings. The minimum Gasteiger partial charge on any atom is -0.454 e. The molecule has 21 heavy (non-hydrogen) atoms. The van der Waals surface area contributed by atoms with Crippen molar-refractivity contribution < 1.29 is 14.3 Å². The minimum atomic E-state index is -0.142. The van der Waals surface area contributed by atoms with Crippen molar-refractivity contribution in [3.8, 4) is 11.5 Å². The van der Waals surface area contributed by atoms with Crippen LogP contribution in [0.5, 0.6) is 11.5 Å².